The number of alkyl halides is 1. The summed E-state index contributed by atoms with van der Waals surface area (Å²) in [6.07, 6.45) is 0.0659. The molecule has 0 aliphatic heterocycles. The van der Waals surface area contributed by atoms with Crippen LogP contribution in [0, 0.1) is 0 Å². The molecule has 1 aromatic rings. The van der Waals surface area contributed by atoms with Gasteiger partial charge in [-0.1, -0.05) is 18.2 Å². The fourth-order valence-corrected chi connectivity index (χ4v) is 2.95. The molecule has 1 rings (SSSR count). The maximum absolute atomic E-state index is 12.2. The fraction of sp³-hybridized carbons (Fsp3) is 0.467. The van der Waals surface area contributed by atoms with Gasteiger partial charge in [-0.15, -0.1) is 11.6 Å². The second-order valence-electron chi connectivity index (χ2n) is 4.81. The van der Waals surface area contributed by atoms with Crippen LogP contribution in [0.25, 0.3) is 0 Å². The van der Waals surface area contributed by atoms with Crippen molar-refractivity contribution < 1.29 is 23.6 Å². The van der Waals surface area contributed by atoms with Crippen molar-refractivity contribution in [2.75, 3.05) is 26.3 Å². The smallest absolute Gasteiger partial charge is 0.328 e. The lowest BCUT2D eigenvalue weighted by Gasteiger charge is -2.22. The number of hydrogen-bond acceptors (Lipinski definition) is 5. The number of nitrogens with one attached hydrogen (secondary N) is 1. The van der Waals surface area contributed by atoms with Gasteiger partial charge >= 0.3 is 5.97 Å². The highest BCUT2D eigenvalue weighted by molar-refractivity contribution is 7.44. The highest BCUT2D eigenvalue weighted by atomic mass is 35.5. The van der Waals surface area contributed by atoms with Crippen molar-refractivity contribution in [1.82, 2.24) is 5.32 Å². The lowest BCUT2D eigenvalue weighted by Crippen LogP contribution is -2.43. The number of hydrogen-bond donors (Lipinski definition) is 1. The monoisotopic (exact) mass is 361 g/mol. The number of esters is 1. The van der Waals surface area contributed by atoms with Crippen molar-refractivity contribution in [3.8, 4) is 0 Å². The average Bonchev–Trinajstić information content (AvgIpc) is 2.57. The lowest BCUT2D eigenvalue weighted by atomic mass is 10.1. The molecule has 0 aliphatic rings. The first-order valence-electron chi connectivity index (χ1n) is 7.11. The molecule has 1 N–H and O–H groups in total. The topological polar surface area (TPSA) is 81.7 Å². The van der Waals surface area contributed by atoms with E-state index in [1.807, 2.05) is 0 Å². The van der Waals surface area contributed by atoms with E-state index in [2.05, 4.69) is 5.32 Å². The molecule has 0 saturated carbocycles. The molecule has 0 bridgehead atoms. The SMILES string of the molecule is COC(=O)C(CC(OCCCl)[PH](C)=O)NC(=O)c1ccccc1. The zero-order valence-corrected chi connectivity index (χ0v) is 14.8. The number of rotatable bonds is 9. The molecule has 0 heterocycles. The minimum atomic E-state index is -2.07. The summed E-state index contributed by atoms with van der Waals surface area (Å²) in [4.78, 5) is 24.1. The second kappa shape index (κ2) is 10.4. The van der Waals surface area contributed by atoms with Crippen molar-refractivity contribution in [3.63, 3.8) is 0 Å². The van der Waals surface area contributed by atoms with E-state index in [1.54, 1.807) is 30.3 Å². The van der Waals surface area contributed by atoms with Crippen molar-refractivity contribution >= 4 is 31.3 Å². The Labute approximate surface area is 141 Å². The van der Waals surface area contributed by atoms with Crippen LogP contribution in [0.1, 0.15) is 16.8 Å². The summed E-state index contributed by atoms with van der Waals surface area (Å²) in [5.74, 6) is -1.42. The van der Waals surface area contributed by atoms with Gasteiger partial charge in [-0.3, -0.25) is 4.79 Å². The van der Waals surface area contributed by atoms with Crippen LogP contribution in [-0.4, -0.2) is 50.0 Å². The number of ether oxygens (including phenoxy) is 2. The minimum absolute atomic E-state index is 0.0659. The summed E-state index contributed by atoms with van der Waals surface area (Å²) in [5, 5.41) is 2.60. The van der Waals surface area contributed by atoms with Crippen molar-refractivity contribution in [3.05, 3.63) is 35.9 Å². The van der Waals surface area contributed by atoms with Gasteiger partial charge in [0.1, 0.15) is 19.7 Å². The summed E-state index contributed by atoms with van der Waals surface area (Å²) in [6.45, 7) is 1.76. The molecule has 1 aromatic carbocycles. The number of amides is 1. The summed E-state index contributed by atoms with van der Waals surface area (Å²) in [6, 6.07) is 7.55. The highest BCUT2D eigenvalue weighted by Crippen LogP contribution is 2.28. The number of benzene rings is 1. The van der Waals surface area contributed by atoms with Crippen LogP contribution in [0.5, 0.6) is 0 Å². The lowest BCUT2D eigenvalue weighted by molar-refractivity contribution is -0.143. The third-order valence-electron chi connectivity index (χ3n) is 3.13. The van der Waals surface area contributed by atoms with Gasteiger partial charge in [-0.05, 0) is 18.8 Å². The van der Waals surface area contributed by atoms with Crippen LogP contribution in [0.15, 0.2) is 30.3 Å². The average molecular weight is 362 g/mol. The molecule has 6 nitrogen and oxygen atoms in total. The van der Waals surface area contributed by atoms with Crippen LogP contribution in [0.2, 0.25) is 0 Å². The Morgan fingerprint density at radius 3 is 2.48 bits per heavy atom. The largest absolute Gasteiger partial charge is 0.467 e. The minimum Gasteiger partial charge on any atom is -0.467 e. The molecule has 1 amide bonds. The van der Waals surface area contributed by atoms with E-state index >= 15 is 0 Å². The second-order valence-corrected chi connectivity index (χ2v) is 7.05. The van der Waals surface area contributed by atoms with Gasteiger partial charge in [0.25, 0.3) is 5.91 Å². The Morgan fingerprint density at radius 1 is 1.30 bits per heavy atom. The van der Waals surface area contributed by atoms with Gasteiger partial charge in [0.15, 0.2) is 0 Å². The van der Waals surface area contributed by atoms with Gasteiger partial charge in [0, 0.05) is 17.9 Å². The molecule has 8 heteroatoms. The summed E-state index contributed by atoms with van der Waals surface area (Å²) < 4.78 is 21.9. The van der Waals surface area contributed by atoms with E-state index < -0.39 is 31.6 Å². The molecule has 0 spiro atoms. The molecular weight excluding hydrogens is 341 g/mol. The predicted molar refractivity (Wildman–Crippen MR) is 89.7 cm³/mol. The third-order valence-corrected chi connectivity index (χ3v) is 4.59. The quantitative estimate of drug-likeness (QED) is 0.414. The summed E-state index contributed by atoms with van der Waals surface area (Å²) in [7, 11) is -0.841. The van der Waals surface area contributed by atoms with Crippen molar-refractivity contribution in [2.45, 2.75) is 18.3 Å². The third kappa shape index (κ3) is 6.73. The van der Waals surface area contributed by atoms with E-state index in [0.29, 0.717) is 5.56 Å². The summed E-state index contributed by atoms with van der Waals surface area (Å²) >= 11 is 5.56. The maximum Gasteiger partial charge on any atom is 0.328 e. The standard InChI is InChI=1S/C15H21ClNO5P/c1-21-15(19)12(10-13(23(2)20)22-9-8-16)17-14(18)11-6-4-3-5-7-11/h3-7,12-13,23H,8-10H2,1-2H3,(H,17,18). The van der Waals surface area contributed by atoms with Gasteiger partial charge in [0.05, 0.1) is 13.7 Å². The molecule has 23 heavy (non-hydrogen) atoms. The van der Waals surface area contributed by atoms with Crippen LogP contribution >= 0.6 is 19.4 Å². The molecule has 3 atom stereocenters. The molecule has 0 aromatic heterocycles. The molecule has 0 radical (unpaired) electrons. The van der Waals surface area contributed by atoms with Crippen LogP contribution < -0.4 is 5.32 Å². The van der Waals surface area contributed by atoms with Gasteiger partial charge in [0.2, 0.25) is 0 Å². The molecule has 128 valence electrons. The molecule has 3 unspecified atom stereocenters. The van der Waals surface area contributed by atoms with E-state index in [4.69, 9.17) is 21.1 Å². The molecule has 0 aliphatic carbocycles. The maximum atomic E-state index is 12.2. The fourth-order valence-electron chi connectivity index (χ4n) is 1.94. The van der Waals surface area contributed by atoms with Crippen LogP contribution in [-0.2, 0) is 18.8 Å². The molecular formula is C15H21ClNO5P. The summed E-state index contributed by atoms with van der Waals surface area (Å²) in [5.41, 5.74) is 0.420. The first-order chi connectivity index (χ1) is 11.0. The Bertz CT molecular complexity index is 540. The number of carbonyl (C=O) groups excluding carboxylic acids is 2. The first-order valence-corrected chi connectivity index (χ1v) is 9.63. The Kier molecular flexibility index (Phi) is 8.92. The zero-order chi connectivity index (χ0) is 17.2. The first kappa shape index (κ1) is 19.7. The van der Waals surface area contributed by atoms with Crippen LogP contribution in [0.3, 0.4) is 0 Å². The Balaban J connectivity index is 2.81. The zero-order valence-electron chi connectivity index (χ0n) is 13.1. The molecule has 0 fully saturated rings. The normalized spacial score (nSPS) is 14.6. The predicted octanol–water partition coefficient (Wildman–Crippen LogP) is 2.12. The van der Waals surface area contributed by atoms with Gasteiger partial charge < -0.3 is 19.4 Å². The van der Waals surface area contributed by atoms with E-state index in [9.17, 15) is 14.2 Å². The van der Waals surface area contributed by atoms with Gasteiger partial charge in [-0.2, -0.15) is 0 Å². The van der Waals surface area contributed by atoms with Gasteiger partial charge in [-0.25, -0.2) is 4.79 Å². The van der Waals surface area contributed by atoms with E-state index in [0.717, 1.165) is 0 Å². The number of carbonyl (C=O) groups is 2. The molecule has 0 saturated heterocycles. The van der Waals surface area contributed by atoms with Crippen molar-refractivity contribution in [2.24, 2.45) is 0 Å². The number of methoxy groups -OCH3 is 1. The highest BCUT2D eigenvalue weighted by Gasteiger charge is 2.28. The Morgan fingerprint density at radius 2 is 1.96 bits per heavy atom. The number of halogens is 1. The van der Waals surface area contributed by atoms with E-state index in [1.165, 1.54) is 13.8 Å². The Hall–Kier alpha value is -1.36. The van der Waals surface area contributed by atoms with E-state index in [-0.39, 0.29) is 18.9 Å². The van der Waals surface area contributed by atoms with Crippen LogP contribution in [0.4, 0.5) is 0 Å². The van der Waals surface area contributed by atoms with Crippen molar-refractivity contribution in [1.29, 1.82) is 0 Å².